The molecule has 0 atom stereocenters. The average Bonchev–Trinajstić information content (AvgIpc) is 2.92. The summed E-state index contributed by atoms with van der Waals surface area (Å²) in [7, 11) is 0. The molecule has 116 valence electrons. The van der Waals surface area contributed by atoms with Gasteiger partial charge < -0.3 is 15.6 Å². The van der Waals surface area contributed by atoms with Crippen LogP contribution in [-0.4, -0.2) is 32.0 Å². The van der Waals surface area contributed by atoms with Crippen molar-refractivity contribution in [3.05, 3.63) is 5.82 Å². The standard InChI is InChI=1S/C14H23N5OS/c1-5-14(6-2,7-3)16-12(20)10-21-13-18-17-11(9-15)19(13)8-4/h1H,6-10,15H2,2-4H3,(H,16,20). The summed E-state index contributed by atoms with van der Waals surface area (Å²) < 4.78 is 1.91. The van der Waals surface area contributed by atoms with Crippen LogP contribution in [0, 0.1) is 12.3 Å². The molecule has 0 saturated carbocycles. The van der Waals surface area contributed by atoms with Crippen molar-refractivity contribution in [2.45, 2.75) is 57.4 Å². The molecule has 7 heteroatoms. The molecule has 0 aromatic carbocycles. The van der Waals surface area contributed by atoms with Crippen LogP contribution in [0.1, 0.15) is 39.4 Å². The zero-order chi connectivity index (χ0) is 15.9. The van der Waals surface area contributed by atoms with E-state index in [9.17, 15) is 4.79 Å². The van der Waals surface area contributed by atoms with Gasteiger partial charge in [0.2, 0.25) is 5.91 Å². The molecule has 3 N–H and O–H groups in total. The van der Waals surface area contributed by atoms with E-state index in [0.717, 1.165) is 12.4 Å². The monoisotopic (exact) mass is 309 g/mol. The zero-order valence-corrected chi connectivity index (χ0v) is 13.7. The second-order valence-corrected chi connectivity index (χ2v) is 5.56. The van der Waals surface area contributed by atoms with Crippen LogP contribution >= 0.6 is 11.8 Å². The summed E-state index contributed by atoms with van der Waals surface area (Å²) in [4.78, 5) is 12.1. The predicted molar refractivity (Wildman–Crippen MR) is 84.6 cm³/mol. The topological polar surface area (TPSA) is 85.8 Å². The summed E-state index contributed by atoms with van der Waals surface area (Å²) in [5, 5.41) is 11.7. The van der Waals surface area contributed by atoms with Crippen LogP contribution in [0.3, 0.4) is 0 Å². The maximum atomic E-state index is 12.1. The Morgan fingerprint density at radius 1 is 1.43 bits per heavy atom. The molecule has 0 radical (unpaired) electrons. The number of nitrogens with two attached hydrogens (primary N) is 1. The molecule has 0 aliphatic heterocycles. The van der Waals surface area contributed by atoms with Gasteiger partial charge in [0.05, 0.1) is 12.3 Å². The van der Waals surface area contributed by atoms with Crippen molar-refractivity contribution >= 4 is 17.7 Å². The number of nitrogens with zero attached hydrogens (tertiary/aromatic N) is 3. The van der Waals surface area contributed by atoms with Gasteiger partial charge in [0.15, 0.2) is 5.16 Å². The van der Waals surface area contributed by atoms with Gasteiger partial charge in [0, 0.05) is 6.54 Å². The number of thioether (sulfide) groups is 1. The van der Waals surface area contributed by atoms with E-state index in [-0.39, 0.29) is 11.7 Å². The lowest BCUT2D eigenvalue weighted by Crippen LogP contribution is -2.47. The van der Waals surface area contributed by atoms with Crippen LogP contribution < -0.4 is 11.1 Å². The summed E-state index contributed by atoms with van der Waals surface area (Å²) in [6, 6.07) is 0. The van der Waals surface area contributed by atoms with E-state index in [1.165, 1.54) is 11.8 Å². The first-order valence-corrected chi connectivity index (χ1v) is 8.08. The minimum Gasteiger partial charge on any atom is -0.339 e. The van der Waals surface area contributed by atoms with Gasteiger partial charge in [-0.15, -0.1) is 16.6 Å². The maximum absolute atomic E-state index is 12.1. The molecule has 1 aromatic rings. The molecule has 0 aliphatic rings. The molecule has 6 nitrogen and oxygen atoms in total. The molecule has 0 aliphatic carbocycles. The molecule has 1 amide bonds. The first-order chi connectivity index (χ1) is 10.1. The minimum atomic E-state index is -0.557. The lowest BCUT2D eigenvalue weighted by molar-refractivity contribution is -0.119. The molecule has 21 heavy (non-hydrogen) atoms. The van der Waals surface area contributed by atoms with Gasteiger partial charge in [-0.05, 0) is 19.8 Å². The number of terminal acetylenes is 1. The molecule has 1 heterocycles. The Labute approximate surface area is 130 Å². The Morgan fingerprint density at radius 2 is 2.10 bits per heavy atom. The van der Waals surface area contributed by atoms with Gasteiger partial charge in [0.1, 0.15) is 11.4 Å². The number of rotatable bonds is 8. The van der Waals surface area contributed by atoms with E-state index in [1.807, 2.05) is 25.3 Å². The lowest BCUT2D eigenvalue weighted by Gasteiger charge is -2.26. The van der Waals surface area contributed by atoms with Crippen LogP contribution in [0.5, 0.6) is 0 Å². The Morgan fingerprint density at radius 3 is 2.57 bits per heavy atom. The van der Waals surface area contributed by atoms with Gasteiger partial charge in [-0.1, -0.05) is 31.5 Å². The largest absolute Gasteiger partial charge is 0.339 e. The van der Waals surface area contributed by atoms with Crippen molar-refractivity contribution in [2.24, 2.45) is 5.73 Å². The fraction of sp³-hybridized carbons (Fsp3) is 0.643. The Balaban J connectivity index is 2.66. The average molecular weight is 309 g/mol. The van der Waals surface area contributed by atoms with Crippen molar-refractivity contribution in [1.82, 2.24) is 20.1 Å². The molecule has 0 bridgehead atoms. The van der Waals surface area contributed by atoms with Crippen LogP contribution in [0.2, 0.25) is 0 Å². The van der Waals surface area contributed by atoms with Gasteiger partial charge in [-0.25, -0.2) is 0 Å². The van der Waals surface area contributed by atoms with Crippen molar-refractivity contribution in [1.29, 1.82) is 0 Å². The van der Waals surface area contributed by atoms with Crippen molar-refractivity contribution in [3.63, 3.8) is 0 Å². The summed E-state index contributed by atoms with van der Waals surface area (Å²) in [5.74, 6) is 3.57. The minimum absolute atomic E-state index is 0.0957. The smallest absolute Gasteiger partial charge is 0.231 e. The highest BCUT2D eigenvalue weighted by Gasteiger charge is 2.25. The Bertz CT molecular complexity index is 516. The number of hydrogen-bond donors (Lipinski definition) is 2. The first kappa shape index (κ1) is 17.5. The number of nitrogens with one attached hydrogen (secondary N) is 1. The zero-order valence-electron chi connectivity index (χ0n) is 12.8. The Hall–Kier alpha value is -1.52. The van der Waals surface area contributed by atoms with Crippen molar-refractivity contribution in [3.8, 4) is 12.3 Å². The lowest BCUT2D eigenvalue weighted by atomic mass is 9.94. The number of carbonyl (C=O) groups is 1. The van der Waals surface area contributed by atoms with E-state index in [2.05, 4.69) is 21.4 Å². The van der Waals surface area contributed by atoms with Crippen molar-refractivity contribution in [2.75, 3.05) is 5.75 Å². The van der Waals surface area contributed by atoms with E-state index in [0.29, 0.717) is 24.5 Å². The SMILES string of the molecule is C#CC(CC)(CC)NC(=O)CSc1nnc(CN)n1CC. The van der Waals surface area contributed by atoms with E-state index in [1.54, 1.807) is 0 Å². The second-order valence-electron chi connectivity index (χ2n) is 4.62. The number of hydrogen-bond acceptors (Lipinski definition) is 5. The highest BCUT2D eigenvalue weighted by Crippen LogP contribution is 2.18. The van der Waals surface area contributed by atoms with E-state index >= 15 is 0 Å². The van der Waals surface area contributed by atoms with Gasteiger partial charge in [-0.3, -0.25) is 4.79 Å². The fourth-order valence-corrected chi connectivity index (χ4v) is 2.82. The molecular weight excluding hydrogens is 286 g/mol. The fourth-order valence-electron chi connectivity index (χ4n) is 1.99. The molecule has 1 rings (SSSR count). The van der Waals surface area contributed by atoms with Gasteiger partial charge in [0.25, 0.3) is 0 Å². The number of aromatic nitrogens is 3. The van der Waals surface area contributed by atoms with Crippen LogP contribution in [0.25, 0.3) is 0 Å². The molecule has 0 saturated heterocycles. The third-order valence-corrected chi connectivity index (χ3v) is 4.45. The normalized spacial score (nSPS) is 11.2. The molecular formula is C14H23N5OS. The van der Waals surface area contributed by atoms with E-state index in [4.69, 9.17) is 12.2 Å². The third-order valence-electron chi connectivity index (χ3n) is 3.49. The molecule has 0 fully saturated rings. The van der Waals surface area contributed by atoms with Crippen LogP contribution in [0.4, 0.5) is 0 Å². The molecule has 1 aromatic heterocycles. The first-order valence-electron chi connectivity index (χ1n) is 7.09. The third kappa shape index (κ3) is 4.22. The highest BCUT2D eigenvalue weighted by atomic mass is 32.2. The summed E-state index contributed by atoms with van der Waals surface area (Å²) in [6.07, 6.45) is 6.95. The number of amides is 1. The predicted octanol–water partition coefficient (Wildman–Crippen LogP) is 1.16. The summed E-state index contributed by atoms with van der Waals surface area (Å²) >= 11 is 1.34. The number of carbonyl (C=O) groups excluding carboxylic acids is 1. The highest BCUT2D eigenvalue weighted by molar-refractivity contribution is 7.99. The quantitative estimate of drug-likeness (QED) is 0.556. The van der Waals surface area contributed by atoms with Gasteiger partial charge in [-0.2, -0.15) is 0 Å². The van der Waals surface area contributed by atoms with E-state index < -0.39 is 5.54 Å². The molecule has 0 spiro atoms. The maximum Gasteiger partial charge on any atom is 0.231 e. The molecule has 0 unspecified atom stereocenters. The second kappa shape index (κ2) is 8.05. The summed E-state index contributed by atoms with van der Waals surface area (Å²) in [6.45, 7) is 6.99. The van der Waals surface area contributed by atoms with Crippen LogP contribution in [0.15, 0.2) is 5.16 Å². The van der Waals surface area contributed by atoms with Crippen molar-refractivity contribution < 1.29 is 4.79 Å². The van der Waals surface area contributed by atoms with Crippen LogP contribution in [-0.2, 0) is 17.9 Å². The summed E-state index contributed by atoms with van der Waals surface area (Å²) in [5.41, 5.74) is 5.04. The van der Waals surface area contributed by atoms with Gasteiger partial charge >= 0.3 is 0 Å². The Kier molecular flexibility index (Phi) is 6.72.